The first-order chi connectivity index (χ1) is 2.73. The second kappa shape index (κ2) is 0.388. The Morgan fingerprint density at radius 1 is 0.667 bits per heavy atom. The summed E-state index contributed by atoms with van der Waals surface area (Å²) in [7, 11) is 9.71. The largest absolute Gasteiger partial charge is 0.0665 e. The molecule has 0 unspecified atom stereocenters. The van der Waals surface area contributed by atoms with Crippen molar-refractivity contribution < 1.29 is 0 Å². The van der Waals surface area contributed by atoms with E-state index in [1.54, 1.807) is 0 Å². The average molecular weight is 194 g/mol. The summed E-state index contributed by atoms with van der Waals surface area (Å²) >= 11 is 0. The molecule has 0 amide bonds. The van der Waals surface area contributed by atoms with Crippen molar-refractivity contribution in [2.75, 3.05) is 0 Å². The SMILES string of the molecule is S1[SH]234S[SH]12(S3)S4. The monoisotopic (exact) mass is 194 g/mol. The summed E-state index contributed by atoms with van der Waals surface area (Å²) in [5, 5.41) is 0. The highest BCUT2D eigenvalue weighted by atomic mass is 35.4. The Balaban J connectivity index is 2.64. The molecule has 0 nitrogen and oxygen atoms in total. The van der Waals surface area contributed by atoms with Crippen LogP contribution in [0.15, 0.2) is 0 Å². The fourth-order valence-electron chi connectivity index (χ4n) is 0.884. The third-order valence-electron chi connectivity index (χ3n) is 1.53. The molecule has 0 aliphatic carbocycles. The van der Waals surface area contributed by atoms with E-state index in [9.17, 15) is 0 Å². The van der Waals surface area contributed by atoms with E-state index in [0.717, 1.165) is 0 Å². The highest BCUT2D eigenvalue weighted by Gasteiger charge is 3.32. The lowest BCUT2D eigenvalue weighted by atomic mass is 29.7. The predicted molar refractivity (Wildman–Crippen MR) is 48.3 cm³/mol. The fraction of sp³-hybridized carbons (Fsp3) is 0. The Kier molecular flexibility index (Phi) is 0.214. The molecule has 4 fully saturated rings. The minimum atomic E-state index is -0.544. The minimum Gasteiger partial charge on any atom is -0.0665 e. The average Bonchev–Trinajstić information content (AvgIpc) is 1.25. The zero-order chi connectivity index (χ0) is 3.72. The zero-order valence-corrected chi connectivity index (χ0v) is 7.58. The lowest BCUT2D eigenvalue weighted by Crippen LogP contribution is -1.72. The summed E-state index contributed by atoms with van der Waals surface area (Å²) in [6.07, 6.45) is 0. The van der Waals surface area contributed by atoms with Crippen LogP contribution in [0.1, 0.15) is 0 Å². The molecular weight excluding hydrogens is 192 g/mol. The van der Waals surface area contributed by atoms with Gasteiger partial charge >= 0.3 is 0 Å². The van der Waals surface area contributed by atoms with E-state index < -0.39 is 8.64 Å². The molecule has 0 saturated carbocycles. The molecule has 38 valence electrons. The molecule has 6 heavy (non-hydrogen) atoms. The van der Waals surface area contributed by atoms with Crippen LogP contribution < -0.4 is 0 Å². The van der Waals surface area contributed by atoms with Crippen LogP contribution in [0.5, 0.6) is 0 Å². The summed E-state index contributed by atoms with van der Waals surface area (Å²) < 4.78 is -1.09. The molecule has 0 radical (unpaired) electrons. The highest BCUT2D eigenvalue weighted by Crippen LogP contribution is 4.02. The minimum absolute atomic E-state index is 0.544. The van der Waals surface area contributed by atoms with Crippen molar-refractivity contribution in [1.82, 2.24) is 0 Å². The molecule has 0 aromatic rings. The van der Waals surface area contributed by atoms with Gasteiger partial charge in [0, 0.05) is 0 Å². The van der Waals surface area contributed by atoms with Crippen LogP contribution in [0.25, 0.3) is 0 Å². The van der Waals surface area contributed by atoms with Crippen LogP contribution in [0.3, 0.4) is 0 Å². The number of hydrogen-bond donors (Lipinski definition) is 2. The van der Waals surface area contributed by atoms with Crippen LogP contribution >= 0.6 is 47.9 Å². The molecule has 0 spiro atoms. The molecule has 0 N–H and O–H groups in total. The molecular formula is H2S6. The Morgan fingerprint density at radius 3 is 0.833 bits per heavy atom. The van der Waals surface area contributed by atoms with Gasteiger partial charge in [-0.05, 0) is 39.3 Å². The molecule has 6 heteroatoms. The van der Waals surface area contributed by atoms with Gasteiger partial charge in [0.25, 0.3) is 0 Å². The third-order valence-corrected chi connectivity index (χ3v) is 106. The van der Waals surface area contributed by atoms with Gasteiger partial charge < -0.3 is 0 Å². The van der Waals surface area contributed by atoms with E-state index in [1.807, 2.05) is 0 Å². The summed E-state index contributed by atoms with van der Waals surface area (Å²) in [6.45, 7) is 0. The maximum atomic E-state index is 2.43. The van der Waals surface area contributed by atoms with Crippen LogP contribution in [-0.2, 0) is 0 Å². The predicted octanol–water partition coefficient (Wildman–Crippen LogP) is 3.35. The molecule has 0 bridgehead atoms. The van der Waals surface area contributed by atoms with E-state index in [0.29, 0.717) is 0 Å². The normalized spacial score (nSPS) is 82.7. The topological polar surface area (TPSA) is 0 Å². The lowest BCUT2D eigenvalue weighted by Gasteiger charge is -2.41. The first kappa shape index (κ1) is 3.31. The van der Waals surface area contributed by atoms with Crippen molar-refractivity contribution in [1.29, 1.82) is 0 Å². The summed E-state index contributed by atoms with van der Waals surface area (Å²) in [5.74, 6) is 0. The van der Waals surface area contributed by atoms with Crippen LogP contribution in [0.4, 0.5) is 0 Å². The summed E-state index contributed by atoms with van der Waals surface area (Å²) in [4.78, 5) is 0. The third kappa shape index (κ3) is 0.0895. The number of rotatable bonds is 0. The maximum absolute atomic E-state index is 2.43. The van der Waals surface area contributed by atoms with Crippen LogP contribution in [-0.4, -0.2) is 0 Å². The van der Waals surface area contributed by atoms with Gasteiger partial charge in [0.15, 0.2) is 0 Å². The van der Waals surface area contributed by atoms with E-state index in [-0.39, 0.29) is 0 Å². The second-order valence-corrected chi connectivity index (χ2v) is 50.6. The Labute approximate surface area is 47.5 Å². The standard InChI is InChI=1S/H2S6/c1-5-2-6(1,5,3-5)4-5/h5-6H. The van der Waals surface area contributed by atoms with Gasteiger partial charge in [-0.15, -0.1) is 0 Å². The van der Waals surface area contributed by atoms with Gasteiger partial charge in [-0.2, -0.15) is 0 Å². The lowest BCUT2D eigenvalue weighted by molar-refractivity contribution is 5.22. The Morgan fingerprint density at radius 2 is 0.833 bits per heavy atom. The van der Waals surface area contributed by atoms with E-state index >= 15 is 0 Å². The summed E-state index contributed by atoms with van der Waals surface area (Å²) in [6, 6.07) is 0. The molecule has 4 saturated heterocycles. The van der Waals surface area contributed by atoms with Crippen molar-refractivity contribution in [3.05, 3.63) is 0 Å². The smallest absolute Gasteiger partial charge is 0.0261 e. The fourth-order valence-corrected chi connectivity index (χ4v) is 183. The highest BCUT2D eigenvalue weighted by molar-refractivity contribution is 11.0. The van der Waals surface area contributed by atoms with Crippen LogP contribution in [0, 0.1) is 0 Å². The molecule has 0 aromatic heterocycles. The van der Waals surface area contributed by atoms with Gasteiger partial charge in [-0.25, -0.2) is 0 Å². The van der Waals surface area contributed by atoms with E-state index in [1.165, 1.54) is 0 Å². The van der Waals surface area contributed by atoms with E-state index in [2.05, 4.69) is 39.3 Å². The number of thiol groups is 2. The van der Waals surface area contributed by atoms with E-state index in [4.69, 9.17) is 0 Å². The van der Waals surface area contributed by atoms with Gasteiger partial charge in [0.2, 0.25) is 0 Å². The second-order valence-electron chi connectivity index (χ2n) is 1.87. The van der Waals surface area contributed by atoms with Gasteiger partial charge in [-0.1, -0.05) is 8.64 Å². The first-order valence-electron chi connectivity index (χ1n) is 1.66. The van der Waals surface area contributed by atoms with Crippen molar-refractivity contribution in [3.63, 3.8) is 0 Å². The van der Waals surface area contributed by atoms with Crippen molar-refractivity contribution in [2.45, 2.75) is 0 Å². The molecule has 0 aromatic carbocycles. The molecule has 4 aliphatic heterocycles. The van der Waals surface area contributed by atoms with Gasteiger partial charge in [-0.3, -0.25) is 0 Å². The number of hydrogen-bond acceptors (Lipinski definition) is 4. The van der Waals surface area contributed by atoms with Crippen molar-refractivity contribution in [2.24, 2.45) is 0 Å². The van der Waals surface area contributed by atoms with Crippen molar-refractivity contribution in [3.8, 4) is 0 Å². The molecule has 4 heterocycles. The zero-order valence-electron chi connectivity index (χ0n) is 2.53. The maximum Gasteiger partial charge on any atom is -0.0261 e. The van der Waals surface area contributed by atoms with Gasteiger partial charge in [0.05, 0.1) is 0 Å². The summed E-state index contributed by atoms with van der Waals surface area (Å²) in [5.41, 5.74) is 0. The quantitative estimate of drug-likeness (QED) is 0.345. The van der Waals surface area contributed by atoms with Crippen LogP contribution in [0.2, 0.25) is 0 Å². The first-order valence-corrected chi connectivity index (χ1v) is 14.9. The van der Waals surface area contributed by atoms with Crippen molar-refractivity contribution >= 4 is 47.9 Å². The Hall–Kier alpha value is 2.10. The molecule has 4 aliphatic rings. The molecule has 0 atom stereocenters. The Bertz CT molecular complexity index is 145. The van der Waals surface area contributed by atoms with Gasteiger partial charge in [0.1, 0.15) is 0 Å². The molecule has 4 rings (SSSR count).